The largest absolute Gasteiger partial charge is 0.478 e. The Hall–Kier alpha value is -1.29. The highest BCUT2D eigenvalue weighted by Crippen LogP contribution is 2.11. The van der Waals surface area contributed by atoms with E-state index in [2.05, 4.69) is 29.3 Å². The Morgan fingerprint density at radius 2 is 2.19 bits per heavy atom. The number of anilines is 1. The van der Waals surface area contributed by atoms with Crippen molar-refractivity contribution < 1.29 is 4.74 Å². The summed E-state index contributed by atoms with van der Waals surface area (Å²) >= 11 is 0. The van der Waals surface area contributed by atoms with Gasteiger partial charge in [-0.3, -0.25) is 0 Å². The average Bonchev–Trinajstić information content (AvgIpc) is 2.25. The molecule has 1 heterocycles. The molecular formula is C12H21N3O. The van der Waals surface area contributed by atoms with Gasteiger partial charge in [-0.1, -0.05) is 6.07 Å². The molecule has 90 valence electrons. The number of rotatable bonds is 7. The maximum absolute atomic E-state index is 5.57. The van der Waals surface area contributed by atoms with E-state index in [1.807, 2.05) is 25.1 Å². The van der Waals surface area contributed by atoms with E-state index in [1.165, 1.54) is 0 Å². The second kappa shape index (κ2) is 7.06. The number of ether oxygens (including phenoxy) is 1. The summed E-state index contributed by atoms with van der Waals surface area (Å²) in [6.45, 7) is 4.66. The van der Waals surface area contributed by atoms with E-state index < -0.39 is 0 Å². The molecule has 0 aliphatic carbocycles. The van der Waals surface area contributed by atoms with Gasteiger partial charge in [-0.2, -0.15) is 4.98 Å². The number of hydrogen-bond donors (Lipinski definition) is 1. The lowest BCUT2D eigenvalue weighted by Crippen LogP contribution is -2.15. The van der Waals surface area contributed by atoms with E-state index in [0.29, 0.717) is 12.5 Å². The molecule has 0 aliphatic rings. The Morgan fingerprint density at radius 3 is 2.88 bits per heavy atom. The fourth-order valence-corrected chi connectivity index (χ4v) is 1.33. The van der Waals surface area contributed by atoms with Gasteiger partial charge in [-0.25, -0.2) is 0 Å². The number of nitrogens with one attached hydrogen (secondary N) is 1. The second-order valence-electron chi connectivity index (χ2n) is 3.90. The first kappa shape index (κ1) is 12.8. The summed E-state index contributed by atoms with van der Waals surface area (Å²) in [6, 6.07) is 5.78. The molecule has 0 fully saturated rings. The normalized spacial score (nSPS) is 10.5. The topological polar surface area (TPSA) is 37.4 Å². The van der Waals surface area contributed by atoms with Crippen molar-refractivity contribution >= 4 is 5.82 Å². The maximum atomic E-state index is 5.57. The monoisotopic (exact) mass is 223 g/mol. The molecule has 1 rings (SSSR count). The molecule has 0 spiro atoms. The van der Waals surface area contributed by atoms with Crippen LogP contribution in [0.2, 0.25) is 0 Å². The van der Waals surface area contributed by atoms with Crippen molar-refractivity contribution in [2.75, 3.05) is 39.1 Å². The minimum absolute atomic E-state index is 0.692. The summed E-state index contributed by atoms with van der Waals surface area (Å²) in [5, 5.41) is 3.16. The fraction of sp³-hybridized carbons (Fsp3) is 0.583. The Bertz CT molecular complexity index is 302. The van der Waals surface area contributed by atoms with E-state index >= 15 is 0 Å². The zero-order chi connectivity index (χ0) is 11.8. The van der Waals surface area contributed by atoms with Gasteiger partial charge in [0.2, 0.25) is 5.88 Å². The highest BCUT2D eigenvalue weighted by Gasteiger charge is 1.97. The van der Waals surface area contributed by atoms with Gasteiger partial charge in [0.1, 0.15) is 5.82 Å². The number of aromatic nitrogens is 1. The first-order valence-corrected chi connectivity index (χ1v) is 5.71. The van der Waals surface area contributed by atoms with Crippen molar-refractivity contribution in [1.29, 1.82) is 0 Å². The van der Waals surface area contributed by atoms with Crippen LogP contribution < -0.4 is 10.1 Å². The van der Waals surface area contributed by atoms with Crippen molar-refractivity contribution in [2.45, 2.75) is 13.3 Å². The van der Waals surface area contributed by atoms with Crippen molar-refractivity contribution in [3.63, 3.8) is 0 Å². The Labute approximate surface area is 97.6 Å². The van der Waals surface area contributed by atoms with Crippen LogP contribution in [0.1, 0.15) is 13.3 Å². The first-order chi connectivity index (χ1) is 7.72. The lowest BCUT2D eigenvalue weighted by molar-refractivity contribution is 0.273. The lowest BCUT2D eigenvalue weighted by atomic mass is 10.4. The van der Waals surface area contributed by atoms with Crippen LogP contribution in [0.15, 0.2) is 18.2 Å². The quantitative estimate of drug-likeness (QED) is 0.716. The zero-order valence-corrected chi connectivity index (χ0v) is 10.4. The summed E-state index contributed by atoms with van der Waals surface area (Å²) in [5.41, 5.74) is 0. The smallest absolute Gasteiger partial charge is 0.215 e. The third-order valence-electron chi connectivity index (χ3n) is 2.08. The molecule has 0 unspecified atom stereocenters. The number of nitrogens with zero attached hydrogens (tertiary/aromatic N) is 2. The lowest BCUT2D eigenvalue weighted by Gasteiger charge is -2.10. The maximum Gasteiger partial charge on any atom is 0.215 e. The summed E-state index contributed by atoms with van der Waals surface area (Å²) in [6.07, 6.45) is 1.01. The van der Waals surface area contributed by atoms with Crippen LogP contribution in [0.3, 0.4) is 0 Å². The van der Waals surface area contributed by atoms with Crippen LogP contribution in [-0.2, 0) is 0 Å². The minimum Gasteiger partial charge on any atom is -0.478 e. The van der Waals surface area contributed by atoms with Gasteiger partial charge in [0, 0.05) is 19.2 Å². The summed E-state index contributed by atoms with van der Waals surface area (Å²) in [5.74, 6) is 1.56. The van der Waals surface area contributed by atoms with Gasteiger partial charge >= 0.3 is 0 Å². The molecule has 1 aromatic heterocycles. The van der Waals surface area contributed by atoms with Gasteiger partial charge in [-0.05, 0) is 33.5 Å². The van der Waals surface area contributed by atoms with Crippen LogP contribution in [0.25, 0.3) is 0 Å². The Morgan fingerprint density at radius 1 is 1.38 bits per heavy atom. The van der Waals surface area contributed by atoms with Crippen molar-refractivity contribution in [3.8, 4) is 5.88 Å². The molecule has 0 aromatic carbocycles. The van der Waals surface area contributed by atoms with Crippen molar-refractivity contribution in [1.82, 2.24) is 9.88 Å². The third-order valence-corrected chi connectivity index (χ3v) is 2.08. The predicted octanol–water partition coefficient (Wildman–Crippen LogP) is 1.84. The van der Waals surface area contributed by atoms with Crippen molar-refractivity contribution in [3.05, 3.63) is 18.2 Å². The molecule has 0 saturated carbocycles. The Kier molecular flexibility index (Phi) is 5.64. The van der Waals surface area contributed by atoms with Crippen LogP contribution >= 0.6 is 0 Å². The van der Waals surface area contributed by atoms with E-state index in [4.69, 9.17) is 4.74 Å². The summed E-state index contributed by atoms with van der Waals surface area (Å²) < 4.78 is 5.57. The van der Waals surface area contributed by atoms with E-state index in [-0.39, 0.29) is 0 Å². The third kappa shape index (κ3) is 4.98. The van der Waals surface area contributed by atoms with E-state index in [0.717, 1.165) is 25.3 Å². The van der Waals surface area contributed by atoms with Crippen LogP contribution in [-0.4, -0.2) is 43.7 Å². The molecule has 1 aromatic rings. The molecule has 4 heteroatoms. The number of pyridine rings is 1. The van der Waals surface area contributed by atoms with E-state index in [9.17, 15) is 0 Å². The highest BCUT2D eigenvalue weighted by molar-refractivity contribution is 5.36. The summed E-state index contributed by atoms with van der Waals surface area (Å²) in [4.78, 5) is 6.48. The van der Waals surface area contributed by atoms with Gasteiger partial charge < -0.3 is 15.0 Å². The minimum atomic E-state index is 0.692. The first-order valence-electron chi connectivity index (χ1n) is 5.71. The molecule has 0 bridgehead atoms. The molecule has 1 N–H and O–H groups in total. The SMILES string of the molecule is CCNc1cccc(OCCCN(C)C)n1. The molecule has 0 aliphatic heterocycles. The van der Waals surface area contributed by atoms with Gasteiger partial charge in [-0.15, -0.1) is 0 Å². The predicted molar refractivity (Wildman–Crippen MR) is 67.1 cm³/mol. The van der Waals surface area contributed by atoms with E-state index in [1.54, 1.807) is 0 Å². The molecule has 4 nitrogen and oxygen atoms in total. The highest BCUT2D eigenvalue weighted by atomic mass is 16.5. The summed E-state index contributed by atoms with van der Waals surface area (Å²) in [7, 11) is 4.12. The fourth-order valence-electron chi connectivity index (χ4n) is 1.33. The van der Waals surface area contributed by atoms with Crippen LogP contribution in [0, 0.1) is 0 Å². The van der Waals surface area contributed by atoms with Gasteiger partial charge in [0.05, 0.1) is 6.61 Å². The van der Waals surface area contributed by atoms with Crippen molar-refractivity contribution in [2.24, 2.45) is 0 Å². The van der Waals surface area contributed by atoms with Gasteiger partial charge in [0.15, 0.2) is 0 Å². The zero-order valence-electron chi connectivity index (χ0n) is 10.4. The Balaban J connectivity index is 2.33. The molecule has 0 radical (unpaired) electrons. The van der Waals surface area contributed by atoms with Crippen LogP contribution in [0.5, 0.6) is 5.88 Å². The molecule has 0 amide bonds. The molecule has 16 heavy (non-hydrogen) atoms. The molecular weight excluding hydrogens is 202 g/mol. The standard InChI is InChI=1S/C12H21N3O/c1-4-13-11-7-5-8-12(14-11)16-10-6-9-15(2)3/h5,7-8H,4,6,9-10H2,1-3H3,(H,13,14). The molecule has 0 saturated heterocycles. The van der Waals surface area contributed by atoms with Crippen LogP contribution in [0.4, 0.5) is 5.82 Å². The number of hydrogen-bond acceptors (Lipinski definition) is 4. The average molecular weight is 223 g/mol. The molecule has 0 atom stereocenters. The second-order valence-corrected chi connectivity index (χ2v) is 3.90. The van der Waals surface area contributed by atoms with Gasteiger partial charge in [0.25, 0.3) is 0 Å².